The highest BCUT2D eigenvalue weighted by molar-refractivity contribution is 6.02. The molecule has 6 rings (SSSR count). The Morgan fingerprint density at radius 1 is 0.974 bits per heavy atom. The fourth-order valence-electron chi connectivity index (χ4n) is 6.19. The molecule has 0 bridgehead atoms. The number of aromatic nitrogens is 3. The van der Waals surface area contributed by atoms with Gasteiger partial charge in [-0.25, -0.2) is 9.97 Å². The standard InChI is InChI=1S/C31H38N6O/c1-3-27-28(24-10-7-11-26(18-24)38-20-22-8-5-4-6-9-22)29-30(32)33-21-34-31(29)37(27)25-16-23(17-25)19-36-14-12-35(2)13-15-36/h4-11,18,21,23,25H,3,12-17,19-20H2,1-2H3,(H2,32,33,34)/t23-,25+. The zero-order chi connectivity index (χ0) is 26.1. The number of piperazine rings is 1. The number of hydrogen-bond acceptors (Lipinski definition) is 6. The van der Waals surface area contributed by atoms with E-state index in [2.05, 4.69) is 63.7 Å². The second kappa shape index (κ2) is 10.8. The van der Waals surface area contributed by atoms with Crippen molar-refractivity contribution in [3.8, 4) is 16.9 Å². The summed E-state index contributed by atoms with van der Waals surface area (Å²) in [5, 5.41) is 0.965. The van der Waals surface area contributed by atoms with Crippen LogP contribution in [-0.2, 0) is 13.0 Å². The van der Waals surface area contributed by atoms with Crippen molar-refractivity contribution in [2.75, 3.05) is 45.5 Å². The largest absolute Gasteiger partial charge is 0.489 e. The molecule has 198 valence electrons. The minimum atomic E-state index is 0.450. The Morgan fingerprint density at radius 2 is 1.76 bits per heavy atom. The number of ether oxygens (including phenoxy) is 1. The van der Waals surface area contributed by atoms with E-state index in [1.807, 2.05) is 24.3 Å². The van der Waals surface area contributed by atoms with Gasteiger partial charge in [-0.1, -0.05) is 49.4 Å². The smallest absolute Gasteiger partial charge is 0.146 e. The van der Waals surface area contributed by atoms with E-state index in [0.717, 1.165) is 45.8 Å². The molecule has 2 fully saturated rings. The third kappa shape index (κ3) is 4.88. The third-order valence-electron chi connectivity index (χ3n) is 8.31. The van der Waals surface area contributed by atoms with Crippen LogP contribution in [-0.4, -0.2) is 64.1 Å². The Labute approximate surface area is 225 Å². The fraction of sp³-hybridized carbons (Fsp3) is 0.419. The average molecular weight is 511 g/mol. The Hall–Kier alpha value is -3.42. The minimum Gasteiger partial charge on any atom is -0.489 e. The number of likely N-dealkylation sites (N-methyl/N-ethyl adjacent to an activating group) is 1. The van der Waals surface area contributed by atoms with Crippen molar-refractivity contribution in [1.29, 1.82) is 0 Å². The van der Waals surface area contributed by atoms with Crippen LogP contribution in [0.4, 0.5) is 5.82 Å². The summed E-state index contributed by atoms with van der Waals surface area (Å²) < 4.78 is 8.65. The molecule has 1 saturated heterocycles. The normalized spacial score (nSPS) is 20.5. The lowest BCUT2D eigenvalue weighted by molar-refractivity contribution is 0.0913. The lowest BCUT2D eigenvalue weighted by atomic mass is 9.79. The Kier molecular flexibility index (Phi) is 7.04. The number of rotatable bonds is 8. The molecule has 7 nitrogen and oxygen atoms in total. The van der Waals surface area contributed by atoms with Gasteiger partial charge in [-0.15, -0.1) is 0 Å². The SMILES string of the molecule is CCc1c(-c2cccc(OCc3ccccc3)c2)c2c(N)ncnc2n1[C@H]1C[C@@H](CN2CCN(C)CC2)C1. The van der Waals surface area contributed by atoms with Gasteiger partial charge in [0.2, 0.25) is 0 Å². The van der Waals surface area contributed by atoms with Crippen molar-refractivity contribution in [3.63, 3.8) is 0 Å². The van der Waals surface area contributed by atoms with E-state index < -0.39 is 0 Å². The Morgan fingerprint density at radius 3 is 2.53 bits per heavy atom. The quantitative estimate of drug-likeness (QED) is 0.359. The van der Waals surface area contributed by atoms with E-state index in [9.17, 15) is 0 Å². The summed E-state index contributed by atoms with van der Waals surface area (Å²) in [6, 6.07) is 19.1. The van der Waals surface area contributed by atoms with E-state index in [1.165, 1.54) is 51.3 Å². The Bertz CT molecular complexity index is 1390. The molecule has 4 aromatic rings. The maximum absolute atomic E-state index is 6.52. The molecular weight excluding hydrogens is 472 g/mol. The molecule has 0 atom stereocenters. The highest BCUT2D eigenvalue weighted by atomic mass is 16.5. The zero-order valence-corrected chi connectivity index (χ0v) is 22.5. The first-order valence-corrected chi connectivity index (χ1v) is 13.9. The number of anilines is 1. The minimum absolute atomic E-state index is 0.450. The highest BCUT2D eigenvalue weighted by Crippen LogP contribution is 2.46. The van der Waals surface area contributed by atoms with Crippen molar-refractivity contribution in [2.45, 2.75) is 38.8 Å². The van der Waals surface area contributed by atoms with Gasteiger partial charge < -0.3 is 24.8 Å². The van der Waals surface area contributed by atoms with Gasteiger partial charge in [0.25, 0.3) is 0 Å². The maximum Gasteiger partial charge on any atom is 0.146 e. The molecule has 0 unspecified atom stereocenters. The van der Waals surface area contributed by atoms with E-state index in [-0.39, 0.29) is 0 Å². The van der Waals surface area contributed by atoms with E-state index >= 15 is 0 Å². The van der Waals surface area contributed by atoms with E-state index in [1.54, 1.807) is 6.33 Å². The molecule has 3 heterocycles. The summed E-state index contributed by atoms with van der Waals surface area (Å²) >= 11 is 0. The fourth-order valence-corrected chi connectivity index (χ4v) is 6.19. The molecule has 0 amide bonds. The van der Waals surface area contributed by atoms with Crippen LogP contribution in [0.1, 0.15) is 37.1 Å². The lowest BCUT2D eigenvalue weighted by Crippen LogP contribution is -2.47. The third-order valence-corrected chi connectivity index (χ3v) is 8.31. The zero-order valence-electron chi connectivity index (χ0n) is 22.5. The van der Waals surface area contributed by atoms with Gasteiger partial charge in [0.15, 0.2) is 0 Å². The van der Waals surface area contributed by atoms with Gasteiger partial charge in [0.1, 0.15) is 30.1 Å². The van der Waals surface area contributed by atoms with Crippen LogP contribution in [0, 0.1) is 5.92 Å². The van der Waals surface area contributed by atoms with Gasteiger partial charge in [0.05, 0.1) is 5.39 Å². The number of nitrogens with zero attached hydrogens (tertiary/aromatic N) is 5. The van der Waals surface area contributed by atoms with Crippen LogP contribution in [0.25, 0.3) is 22.2 Å². The van der Waals surface area contributed by atoms with Crippen LogP contribution in [0.5, 0.6) is 5.75 Å². The summed E-state index contributed by atoms with van der Waals surface area (Å²) in [4.78, 5) is 14.2. The molecule has 0 spiro atoms. The van der Waals surface area contributed by atoms with Crippen molar-refractivity contribution in [3.05, 3.63) is 72.2 Å². The predicted octanol–water partition coefficient (Wildman–Crippen LogP) is 5.02. The van der Waals surface area contributed by atoms with E-state index in [4.69, 9.17) is 15.5 Å². The molecule has 7 heteroatoms. The summed E-state index contributed by atoms with van der Waals surface area (Å²) in [6.07, 6.45) is 4.89. The van der Waals surface area contributed by atoms with Gasteiger partial charge in [-0.3, -0.25) is 0 Å². The summed E-state index contributed by atoms with van der Waals surface area (Å²) in [5.41, 5.74) is 12.2. The molecule has 1 aliphatic carbocycles. The number of hydrogen-bond donors (Lipinski definition) is 1. The van der Waals surface area contributed by atoms with Gasteiger partial charge >= 0.3 is 0 Å². The molecule has 38 heavy (non-hydrogen) atoms. The second-order valence-corrected chi connectivity index (χ2v) is 10.9. The van der Waals surface area contributed by atoms with Gasteiger partial charge in [-0.2, -0.15) is 0 Å². The van der Waals surface area contributed by atoms with E-state index in [0.29, 0.717) is 18.5 Å². The molecule has 1 aliphatic heterocycles. The van der Waals surface area contributed by atoms with Crippen LogP contribution < -0.4 is 10.5 Å². The predicted molar refractivity (Wildman–Crippen MR) is 153 cm³/mol. The molecule has 1 saturated carbocycles. The number of nitrogens with two attached hydrogens (primary N) is 1. The first-order chi connectivity index (χ1) is 18.6. The van der Waals surface area contributed by atoms with Crippen molar-refractivity contribution in [2.24, 2.45) is 5.92 Å². The molecule has 2 aromatic heterocycles. The van der Waals surface area contributed by atoms with Crippen LogP contribution in [0.3, 0.4) is 0 Å². The van der Waals surface area contributed by atoms with Crippen LogP contribution in [0.15, 0.2) is 60.9 Å². The van der Waals surface area contributed by atoms with Crippen molar-refractivity contribution < 1.29 is 4.74 Å². The second-order valence-electron chi connectivity index (χ2n) is 10.9. The lowest BCUT2D eigenvalue weighted by Gasteiger charge is -2.42. The number of nitrogen functional groups attached to an aromatic ring is 1. The van der Waals surface area contributed by atoms with Crippen molar-refractivity contribution >= 4 is 16.9 Å². The summed E-state index contributed by atoms with van der Waals surface area (Å²) in [5.74, 6) is 2.13. The first kappa shape index (κ1) is 24.9. The monoisotopic (exact) mass is 510 g/mol. The summed E-state index contributed by atoms with van der Waals surface area (Å²) in [7, 11) is 2.22. The topological polar surface area (TPSA) is 72.4 Å². The van der Waals surface area contributed by atoms with Crippen LogP contribution >= 0.6 is 0 Å². The maximum atomic E-state index is 6.52. The number of fused-ring (bicyclic) bond motifs is 1. The van der Waals surface area contributed by atoms with Gasteiger partial charge in [0, 0.05) is 50.0 Å². The molecule has 2 aromatic carbocycles. The highest BCUT2D eigenvalue weighted by Gasteiger charge is 2.36. The average Bonchev–Trinajstić information content (AvgIpc) is 3.26. The van der Waals surface area contributed by atoms with Gasteiger partial charge in [-0.05, 0) is 55.5 Å². The van der Waals surface area contributed by atoms with Crippen LogP contribution in [0.2, 0.25) is 0 Å². The van der Waals surface area contributed by atoms with Crippen molar-refractivity contribution in [1.82, 2.24) is 24.3 Å². The Balaban J connectivity index is 1.28. The molecule has 2 aliphatic rings. The summed E-state index contributed by atoms with van der Waals surface area (Å²) in [6.45, 7) is 8.68. The molecular formula is C31H38N6O. The number of benzene rings is 2. The molecule has 0 radical (unpaired) electrons. The first-order valence-electron chi connectivity index (χ1n) is 13.9. The molecule has 2 N–H and O–H groups in total.